The molecule has 2 bridgehead atoms. The first kappa shape index (κ1) is 14.3. The Hall–Kier alpha value is -1.30. The second-order valence-corrected chi connectivity index (χ2v) is 7.83. The molecule has 2 aliphatic carbocycles. The maximum absolute atomic E-state index is 12.6. The number of imide groups is 1. The van der Waals surface area contributed by atoms with Crippen LogP contribution in [-0.2, 0) is 14.4 Å². The van der Waals surface area contributed by atoms with Crippen molar-refractivity contribution < 1.29 is 14.4 Å². The van der Waals surface area contributed by atoms with Gasteiger partial charge in [-0.05, 0) is 30.4 Å². The zero-order chi connectivity index (χ0) is 15.3. The average Bonchev–Trinajstić information content (AvgIpc) is 3.09. The fourth-order valence-electron chi connectivity index (χ4n) is 4.35. The van der Waals surface area contributed by atoms with E-state index in [1.165, 1.54) is 4.90 Å². The largest absolute Gasteiger partial charge is 0.340 e. The van der Waals surface area contributed by atoms with Gasteiger partial charge in [0.05, 0.1) is 11.8 Å². The van der Waals surface area contributed by atoms with Crippen LogP contribution >= 0.6 is 11.8 Å². The summed E-state index contributed by atoms with van der Waals surface area (Å²) in [6, 6.07) is 0. The normalized spacial score (nSPS) is 36.9. The molecule has 0 radical (unpaired) electrons. The van der Waals surface area contributed by atoms with Crippen molar-refractivity contribution in [3.8, 4) is 0 Å². The van der Waals surface area contributed by atoms with Gasteiger partial charge in [-0.25, -0.2) is 0 Å². The summed E-state index contributed by atoms with van der Waals surface area (Å²) in [5.74, 6) is 1.71. The van der Waals surface area contributed by atoms with Crippen LogP contribution in [0.1, 0.15) is 12.8 Å². The molecule has 0 aromatic carbocycles. The molecule has 0 spiro atoms. The number of amides is 3. The number of carbonyl (C=O) groups excluding carboxylic acids is 3. The molecule has 0 N–H and O–H groups in total. The molecule has 4 unspecified atom stereocenters. The highest BCUT2D eigenvalue weighted by atomic mass is 32.2. The molecule has 3 amide bonds. The van der Waals surface area contributed by atoms with E-state index < -0.39 is 0 Å². The second kappa shape index (κ2) is 5.41. The first-order valence-corrected chi connectivity index (χ1v) is 9.21. The number of carbonyl (C=O) groups is 3. The quantitative estimate of drug-likeness (QED) is 0.557. The molecule has 118 valence electrons. The van der Waals surface area contributed by atoms with E-state index in [-0.39, 0.29) is 47.9 Å². The first-order chi connectivity index (χ1) is 10.7. The van der Waals surface area contributed by atoms with Crippen molar-refractivity contribution in [2.45, 2.75) is 12.8 Å². The highest BCUT2D eigenvalue weighted by molar-refractivity contribution is 7.99. The lowest BCUT2D eigenvalue weighted by Crippen LogP contribution is -2.44. The molecule has 1 saturated carbocycles. The van der Waals surface area contributed by atoms with Crippen LogP contribution < -0.4 is 0 Å². The van der Waals surface area contributed by atoms with E-state index in [0.717, 1.165) is 37.4 Å². The SMILES string of the molecule is O=C(CN1C(=O)C2C3C=CC(C3)C2C1=O)N1CCCSCC1. The zero-order valence-electron chi connectivity index (χ0n) is 12.4. The fourth-order valence-corrected chi connectivity index (χ4v) is 5.24. The van der Waals surface area contributed by atoms with Crippen molar-refractivity contribution in [3.05, 3.63) is 12.2 Å². The van der Waals surface area contributed by atoms with Crippen molar-refractivity contribution in [1.29, 1.82) is 0 Å². The number of likely N-dealkylation sites (tertiary alicyclic amines) is 1. The average molecular weight is 320 g/mol. The highest BCUT2D eigenvalue weighted by Gasteiger charge is 2.59. The number of nitrogens with zero attached hydrogens (tertiary/aromatic N) is 2. The Labute approximate surface area is 134 Å². The smallest absolute Gasteiger partial charge is 0.242 e. The maximum Gasteiger partial charge on any atom is 0.242 e. The molecule has 0 aromatic heterocycles. The van der Waals surface area contributed by atoms with E-state index >= 15 is 0 Å². The lowest BCUT2D eigenvalue weighted by molar-refractivity contribution is -0.147. The van der Waals surface area contributed by atoms with Crippen molar-refractivity contribution in [1.82, 2.24) is 9.80 Å². The number of hydrogen-bond acceptors (Lipinski definition) is 4. The lowest BCUT2D eigenvalue weighted by Gasteiger charge is -2.23. The van der Waals surface area contributed by atoms with E-state index in [0.29, 0.717) is 0 Å². The van der Waals surface area contributed by atoms with Crippen molar-refractivity contribution in [2.24, 2.45) is 23.7 Å². The number of rotatable bonds is 2. The van der Waals surface area contributed by atoms with Gasteiger partial charge in [0.15, 0.2) is 0 Å². The third-order valence-electron chi connectivity index (χ3n) is 5.43. The van der Waals surface area contributed by atoms with Gasteiger partial charge in [0.2, 0.25) is 17.7 Å². The topological polar surface area (TPSA) is 57.7 Å². The Bertz CT molecular complexity index is 524. The van der Waals surface area contributed by atoms with Gasteiger partial charge in [0.25, 0.3) is 0 Å². The van der Waals surface area contributed by atoms with E-state index in [1.807, 2.05) is 16.7 Å². The molecule has 0 aromatic rings. The minimum atomic E-state index is -0.199. The molecule has 2 saturated heterocycles. The molecule has 4 atom stereocenters. The van der Waals surface area contributed by atoms with E-state index in [2.05, 4.69) is 12.2 Å². The van der Waals surface area contributed by atoms with Crippen LogP contribution in [0.4, 0.5) is 0 Å². The Morgan fingerprint density at radius 2 is 1.77 bits per heavy atom. The maximum atomic E-state index is 12.6. The predicted molar refractivity (Wildman–Crippen MR) is 83.0 cm³/mol. The van der Waals surface area contributed by atoms with Crippen LogP contribution in [0.3, 0.4) is 0 Å². The fraction of sp³-hybridized carbons (Fsp3) is 0.688. The summed E-state index contributed by atoms with van der Waals surface area (Å²) in [7, 11) is 0. The number of hydrogen-bond donors (Lipinski definition) is 0. The molecular weight excluding hydrogens is 300 g/mol. The molecule has 4 aliphatic rings. The van der Waals surface area contributed by atoms with Crippen LogP contribution in [0.15, 0.2) is 12.2 Å². The predicted octanol–water partition coefficient (Wildman–Crippen LogP) is 0.759. The van der Waals surface area contributed by atoms with Crippen molar-refractivity contribution in [3.63, 3.8) is 0 Å². The van der Waals surface area contributed by atoms with Crippen molar-refractivity contribution >= 4 is 29.5 Å². The van der Waals surface area contributed by atoms with E-state index in [4.69, 9.17) is 0 Å². The third-order valence-corrected chi connectivity index (χ3v) is 6.48. The molecule has 2 aliphatic heterocycles. The number of fused-ring (bicyclic) bond motifs is 5. The van der Waals surface area contributed by atoms with Crippen LogP contribution in [0.5, 0.6) is 0 Å². The Morgan fingerprint density at radius 3 is 2.45 bits per heavy atom. The standard InChI is InChI=1S/C16H20N2O3S/c19-12(17-4-1-6-22-7-5-17)9-18-15(20)13-10-2-3-11(8-10)14(13)16(18)21/h2-3,10-11,13-14H,1,4-9H2. The van der Waals surface area contributed by atoms with Gasteiger partial charge < -0.3 is 4.90 Å². The summed E-state index contributed by atoms with van der Waals surface area (Å²) in [5, 5.41) is 0. The second-order valence-electron chi connectivity index (χ2n) is 6.61. The van der Waals surface area contributed by atoms with Gasteiger partial charge in [-0.15, -0.1) is 0 Å². The molecule has 2 heterocycles. The summed E-state index contributed by atoms with van der Waals surface area (Å²) < 4.78 is 0. The molecule has 6 heteroatoms. The molecular formula is C16H20N2O3S. The number of thioether (sulfide) groups is 1. The van der Waals surface area contributed by atoms with Crippen LogP contribution in [0.25, 0.3) is 0 Å². The van der Waals surface area contributed by atoms with Crippen LogP contribution in [0.2, 0.25) is 0 Å². The minimum Gasteiger partial charge on any atom is -0.340 e. The van der Waals surface area contributed by atoms with E-state index in [9.17, 15) is 14.4 Å². The van der Waals surface area contributed by atoms with Gasteiger partial charge in [0.1, 0.15) is 6.54 Å². The monoisotopic (exact) mass is 320 g/mol. The summed E-state index contributed by atoms with van der Waals surface area (Å²) in [4.78, 5) is 40.6. The highest BCUT2D eigenvalue weighted by Crippen LogP contribution is 2.52. The molecule has 5 nitrogen and oxygen atoms in total. The van der Waals surface area contributed by atoms with Gasteiger partial charge in [-0.1, -0.05) is 12.2 Å². The lowest BCUT2D eigenvalue weighted by atomic mass is 9.85. The van der Waals surface area contributed by atoms with Gasteiger partial charge in [-0.3, -0.25) is 19.3 Å². The van der Waals surface area contributed by atoms with Gasteiger partial charge in [0, 0.05) is 18.8 Å². The van der Waals surface area contributed by atoms with Crippen LogP contribution in [0, 0.1) is 23.7 Å². The Balaban J connectivity index is 1.46. The first-order valence-electron chi connectivity index (χ1n) is 8.06. The zero-order valence-corrected chi connectivity index (χ0v) is 13.3. The minimum absolute atomic E-state index is 0.0607. The third kappa shape index (κ3) is 2.11. The van der Waals surface area contributed by atoms with Crippen LogP contribution in [-0.4, -0.2) is 58.7 Å². The molecule has 4 rings (SSSR count). The summed E-state index contributed by atoms with van der Waals surface area (Å²) in [6.07, 6.45) is 6.07. The molecule has 3 fully saturated rings. The van der Waals surface area contributed by atoms with E-state index in [1.54, 1.807) is 0 Å². The Morgan fingerprint density at radius 1 is 1.09 bits per heavy atom. The Kier molecular flexibility index (Phi) is 3.51. The number of allylic oxidation sites excluding steroid dienone is 2. The summed E-state index contributed by atoms with van der Waals surface area (Å²) in [5.41, 5.74) is 0. The van der Waals surface area contributed by atoms with Gasteiger partial charge >= 0.3 is 0 Å². The van der Waals surface area contributed by atoms with Crippen molar-refractivity contribution in [2.75, 3.05) is 31.1 Å². The molecule has 22 heavy (non-hydrogen) atoms. The van der Waals surface area contributed by atoms with Gasteiger partial charge in [-0.2, -0.15) is 11.8 Å². The summed E-state index contributed by atoms with van der Waals surface area (Å²) in [6.45, 7) is 1.40. The summed E-state index contributed by atoms with van der Waals surface area (Å²) >= 11 is 1.85.